The zero-order chi connectivity index (χ0) is 19.5. The smallest absolute Gasteiger partial charge is 0.250 e. The molecule has 140 valence electrons. The zero-order valence-electron chi connectivity index (χ0n) is 15.6. The maximum atomic E-state index is 13.5. The van der Waals surface area contributed by atoms with Gasteiger partial charge in [0.2, 0.25) is 5.91 Å². The Balaban J connectivity index is 1.69. The third-order valence-corrected chi connectivity index (χ3v) is 5.21. The van der Waals surface area contributed by atoms with Crippen LogP contribution >= 0.6 is 11.6 Å². The number of hydrogen-bond donors (Lipinski definition) is 0. The molecule has 0 aliphatic heterocycles. The number of fused-ring (bicyclic) bond motifs is 1. The second kappa shape index (κ2) is 7.91. The minimum Gasteiger partial charge on any atom is -0.335 e. The Kier molecular flexibility index (Phi) is 5.18. The van der Waals surface area contributed by atoms with Crippen molar-refractivity contribution in [1.82, 2.24) is 4.57 Å². The number of nitrogens with zero attached hydrogens (tertiary/aromatic N) is 2. The highest BCUT2D eigenvalue weighted by Crippen LogP contribution is 2.27. The van der Waals surface area contributed by atoms with Crippen molar-refractivity contribution in [3.05, 3.63) is 102 Å². The molecule has 0 aliphatic carbocycles. The number of amides is 1. The van der Waals surface area contributed by atoms with Gasteiger partial charge in [0.1, 0.15) is 6.04 Å². The fourth-order valence-corrected chi connectivity index (χ4v) is 3.67. The molecule has 1 aromatic heterocycles. The Hall–Kier alpha value is -3.04. The van der Waals surface area contributed by atoms with E-state index in [9.17, 15) is 4.79 Å². The van der Waals surface area contributed by atoms with E-state index in [1.165, 1.54) is 0 Å². The van der Waals surface area contributed by atoms with E-state index in [0.29, 0.717) is 11.6 Å². The molecule has 1 unspecified atom stereocenters. The minimum absolute atomic E-state index is 0.0440. The quantitative estimate of drug-likeness (QED) is 0.406. The van der Waals surface area contributed by atoms with E-state index in [0.717, 1.165) is 22.2 Å². The van der Waals surface area contributed by atoms with E-state index in [4.69, 9.17) is 11.6 Å². The zero-order valence-corrected chi connectivity index (χ0v) is 16.4. The van der Waals surface area contributed by atoms with Crippen molar-refractivity contribution >= 4 is 34.1 Å². The Morgan fingerprint density at radius 3 is 2.36 bits per heavy atom. The molecule has 0 spiro atoms. The maximum absolute atomic E-state index is 13.5. The SMILES string of the molecule is CC(C(=O)N(Cc1ccccc1)c1ccccc1)n1ccc2cc(Cl)ccc21. The highest BCUT2D eigenvalue weighted by atomic mass is 35.5. The molecular formula is C24H21ClN2O. The van der Waals surface area contributed by atoms with Gasteiger partial charge in [-0.3, -0.25) is 4.79 Å². The number of carbonyl (C=O) groups excluding carboxylic acids is 1. The normalized spacial score (nSPS) is 12.1. The number of para-hydroxylation sites is 1. The summed E-state index contributed by atoms with van der Waals surface area (Å²) in [6.07, 6.45) is 1.95. The largest absolute Gasteiger partial charge is 0.335 e. The molecule has 0 saturated carbocycles. The van der Waals surface area contributed by atoms with Crippen molar-refractivity contribution in [3.63, 3.8) is 0 Å². The minimum atomic E-state index is -0.345. The molecule has 4 heteroatoms. The monoisotopic (exact) mass is 388 g/mol. The molecule has 28 heavy (non-hydrogen) atoms. The Morgan fingerprint density at radius 2 is 1.64 bits per heavy atom. The van der Waals surface area contributed by atoms with Crippen molar-refractivity contribution < 1.29 is 4.79 Å². The predicted octanol–water partition coefficient (Wildman–Crippen LogP) is 6.09. The van der Waals surface area contributed by atoms with Gasteiger partial charge in [-0.05, 0) is 48.9 Å². The van der Waals surface area contributed by atoms with Crippen LogP contribution in [0.1, 0.15) is 18.5 Å². The second-order valence-corrected chi connectivity index (χ2v) is 7.28. The second-order valence-electron chi connectivity index (χ2n) is 6.85. The number of anilines is 1. The van der Waals surface area contributed by atoms with E-state index < -0.39 is 0 Å². The van der Waals surface area contributed by atoms with Crippen LogP contribution in [0, 0.1) is 0 Å². The fraction of sp³-hybridized carbons (Fsp3) is 0.125. The van der Waals surface area contributed by atoms with Gasteiger partial charge in [-0.2, -0.15) is 0 Å². The summed E-state index contributed by atoms with van der Waals surface area (Å²) in [5, 5.41) is 1.72. The van der Waals surface area contributed by atoms with Crippen molar-refractivity contribution in [2.24, 2.45) is 0 Å². The van der Waals surface area contributed by atoms with E-state index in [-0.39, 0.29) is 11.9 Å². The summed E-state index contributed by atoms with van der Waals surface area (Å²) in [5.74, 6) is 0.0440. The van der Waals surface area contributed by atoms with Crippen LogP contribution in [0.25, 0.3) is 10.9 Å². The highest BCUT2D eigenvalue weighted by Gasteiger charge is 2.24. The average molecular weight is 389 g/mol. The predicted molar refractivity (Wildman–Crippen MR) is 116 cm³/mol. The van der Waals surface area contributed by atoms with Gasteiger partial charge in [0.25, 0.3) is 0 Å². The summed E-state index contributed by atoms with van der Waals surface area (Å²) >= 11 is 6.11. The lowest BCUT2D eigenvalue weighted by atomic mass is 10.1. The lowest BCUT2D eigenvalue weighted by Gasteiger charge is -2.27. The van der Waals surface area contributed by atoms with E-state index in [1.54, 1.807) is 0 Å². The molecule has 0 saturated heterocycles. The summed E-state index contributed by atoms with van der Waals surface area (Å²) in [7, 11) is 0. The summed E-state index contributed by atoms with van der Waals surface area (Å²) < 4.78 is 2.01. The summed E-state index contributed by atoms with van der Waals surface area (Å²) in [4.78, 5) is 15.4. The first kappa shape index (κ1) is 18.3. The van der Waals surface area contributed by atoms with Crippen LogP contribution in [0.15, 0.2) is 91.1 Å². The van der Waals surface area contributed by atoms with Crippen molar-refractivity contribution in [2.75, 3.05) is 4.90 Å². The Labute approximate surface area is 169 Å². The molecule has 0 N–H and O–H groups in total. The Bertz CT molecular complexity index is 1090. The number of hydrogen-bond acceptors (Lipinski definition) is 1. The van der Waals surface area contributed by atoms with Crippen molar-refractivity contribution in [1.29, 1.82) is 0 Å². The highest BCUT2D eigenvalue weighted by molar-refractivity contribution is 6.31. The van der Waals surface area contributed by atoms with Gasteiger partial charge in [-0.25, -0.2) is 0 Å². The van der Waals surface area contributed by atoms with Gasteiger partial charge in [0.05, 0.1) is 6.54 Å². The molecule has 0 bridgehead atoms. The van der Waals surface area contributed by atoms with Crippen molar-refractivity contribution in [2.45, 2.75) is 19.5 Å². The Morgan fingerprint density at radius 1 is 0.964 bits per heavy atom. The maximum Gasteiger partial charge on any atom is 0.250 e. The van der Waals surface area contributed by atoms with Crippen LogP contribution in [-0.4, -0.2) is 10.5 Å². The number of rotatable bonds is 5. The summed E-state index contributed by atoms with van der Waals surface area (Å²) in [5.41, 5.74) is 2.98. The van der Waals surface area contributed by atoms with Gasteiger partial charge in [0.15, 0.2) is 0 Å². The molecule has 4 aromatic rings. The van der Waals surface area contributed by atoms with Crippen LogP contribution in [0.4, 0.5) is 5.69 Å². The van der Waals surface area contributed by atoms with Crippen LogP contribution in [0.5, 0.6) is 0 Å². The van der Waals surface area contributed by atoms with E-state index >= 15 is 0 Å². The van der Waals surface area contributed by atoms with Crippen LogP contribution in [0.2, 0.25) is 5.02 Å². The number of carbonyl (C=O) groups is 1. The van der Waals surface area contributed by atoms with Gasteiger partial charge in [-0.1, -0.05) is 60.1 Å². The fourth-order valence-electron chi connectivity index (χ4n) is 3.49. The van der Waals surface area contributed by atoms with E-state index in [1.807, 2.05) is 108 Å². The number of aromatic nitrogens is 1. The average Bonchev–Trinajstić information content (AvgIpc) is 3.15. The lowest BCUT2D eigenvalue weighted by molar-refractivity contribution is -0.121. The lowest BCUT2D eigenvalue weighted by Crippen LogP contribution is -2.35. The van der Waals surface area contributed by atoms with E-state index in [2.05, 4.69) is 0 Å². The standard InChI is InChI=1S/C24H21ClN2O/c1-18(26-15-14-20-16-21(25)12-13-23(20)26)24(28)27(22-10-6-3-7-11-22)17-19-8-4-2-5-9-19/h2-16,18H,17H2,1H3. The first-order valence-electron chi connectivity index (χ1n) is 9.30. The molecule has 3 nitrogen and oxygen atoms in total. The van der Waals surface area contributed by atoms with Gasteiger partial charge in [0, 0.05) is 27.8 Å². The first-order chi connectivity index (χ1) is 13.6. The molecule has 1 atom stereocenters. The van der Waals surface area contributed by atoms with Crippen molar-refractivity contribution in [3.8, 4) is 0 Å². The van der Waals surface area contributed by atoms with Gasteiger partial charge >= 0.3 is 0 Å². The van der Waals surface area contributed by atoms with Crippen LogP contribution in [-0.2, 0) is 11.3 Å². The molecule has 3 aromatic carbocycles. The summed E-state index contributed by atoms with van der Waals surface area (Å²) in [6, 6.07) is 27.3. The molecule has 1 amide bonds. The van der Waals surface area contributed by atoms with Gasteiger partial charge < -0.3 is 9.47 Å². The molecule has 4 rings (SSSR count). The molecule has 1 heterocycles. The van der Waals surface area contributed by atoms with Gasteiger partial charge in [-0.15, -0.1) is 0 Å². The molecule has 0 aliphatic rings. The topological polar surface area (TPSA) is 25.2 Å². The molecule has 0 fully saturated rings. The van der Waals surface area contributed by atoms with Crippen LogP contribution < -0.4 is 4.90 Å². The first-order valence-corrected chi connectivity index (χ1v) is 9.68. The number of halogens is 1. The molecule has 0 radical (unpaired) electrons. The van der Waals surface area contributed by atoms with Crippen LogP contribution in [0.3, 0.4) is 0 Å². The number of benzene rings is 3. The summed E-state index contributed by atoms with van der Waals surface area (Å²) in [6.45, 7) is 2.47. The third kappa shape index (κ3) is 3.67. The molecular weight excluding hydrogens is 368 g/mol. The third-order valence-electron chi connectivity index (χ3n) is 4.97.